The summed E-state index contributed by atoms with van der Waals surface area (Å²) < 4.78 is 25.5. The quantitative estimate of drug-likeness (QED) is 0.261. The standard InChI is InChI=1S/C30H24FN3O5/c1-17-3-7-20(8-4-17)25-11-12-26(38-25)28(35)32-24(30(36)37)15-19-13-22(16-23(31)14-19)27-33-29(39-34-27)21-9-5-18(2)6-10-21/h3-14,16,24H,15H2,1-2H3,(H,32,35)(H,36,37)/t24-/m1/s1. The zero-order valence-corrected chi connectivity index (χ0v) is 21.1. The van der Waals surface area contributed by atoms with Crippen LogP contribution in [0.1, 0.15) is 27.2 Å². The van der Waals surface area contributed by atoms with Crippen molar-refractivity contribution in [1.29, 1.82) is 0 Å². The Hall–Kier alpha value is -5.05. The molecule has 5 aromatic rings. The number of rotatable bonds is 8. The van der Waals surface area contributed by atoms with E-state index in [-0.39, 0.29) is 23.9 Å². The van der Waals surface area contributed by atoms with E-state index < -0.39 is 23.7 Å². The first-order valence-corrected chi connectivity index (χ1v) is 12.2. The number of hydrogen-bond acceptors (Lipinski definition) is 6. The van der Waals surface area contributed by atoms with Crippen LogP contribution in [0.15, 0.2) is 87.8 Å². The van der Waals surface area contributed by atoms with Crippen molar-refractivity contribution in [3.8, 4) is 34.2 Å². The fraction of sp³-hybridized carbons (Fsp3) is 0.133. The van der Waals surface area contributed by atoms with Gasteiger partial charge in [-0.3, -0.25) is 4.79 Å². The SMILES string of the molecule is Cc1ccc(-c2ccc(C(=O)N[C@H](Cc3cc(F)cc(-c4noc(-c5ccc(C)cc5)n4)c3)C(=O)O)o2)cc1. The summed E-state index contributed by atoms with van der Waals surface area (Å²) in [7, 11) is 0. The second-order valence-corrected chi connectivity index (χ2v) is 9.24. The minimum Gasteiger partial charge on any atom is -0.480 e. The number of halogens is 1. The van der Waals surface area contributed by atoms with Crippen LogP contribution in [0.2, 0.25) is 0 Å². The molecule has 39 heavy (non-hydrogen) atoms. The Morgan fingerprint density at radius 3 is 2.23 bits per heavy atom. The predicted molar refractivity (Wildman–Crippen MR) is 141 cm³/mol. The van der Waals surface area contributed by atoms with Gasteiger partial charge < -0.3 is 19.4 Å². The number of carbonyl (C=O) groups excluding carboxylic acids is 1. The van der Waals surface area contributed by atoms with Crippen molar-refractivity contribution in [3.05, 3.63) is 107 Å². The monoisotopic (exact) mass is 525 g/mol. The number of amides is 1. The molecule has 2 aromatic heterocycles. The molecular formula is C30H24FN3O5. The highest BCUT2D eigenvalue weighted by Crippen LogP contribution is 2.25. The van der Waals surface area contributed by atoms with Crippen LogP contribution < -0.4 is 5.32 Å². The number of aromatic nitrogens is 2. The van der Waals surface area contributed by atoms with Gasteiger partial charge in [0.2, 0.25) is 5.82 Å². The zero-order chi connectivity index (χ0) is 27.5. The molecule has 8 nitrogen and oxygen atoms in total. The van der Waals surface area contributed by atoms with E-state index in [1.807, 2.05) is 62.4 Å². The molecule has 3 aromatic carbocycles. The smallest absolute Gasteiger partial charge is 0.326 e. The summed E-state index contributed by atoms with van der Waals surface area (Å²) in [5.74, 6) is -1.71. The van der Waals surface area contributed by atoms with E-state index in [4.69, 9.17) is 8.94 Å². The van der Waals surface area contributed by atoms with Crippen molar-refractivity contribution < 1.29 is 28.0 Å². The normalized spacial score (nSPS) is 11.8. The maximum atomic E-state index is 14.5. The number of furan rings is 1. The third kappa shape index (κ3) is 5.93. The van der Waals surface area contributed by atoms with E-state index in [0.29, 0.717) is 22.5 Å². The number of carboxylic acid groups (broad SMARTS) is 1. The third-order valence-corrected chi connectivity index (χ3v) is 6.15. The predicted octanol–water partition coefficient (Wildman–Crippen LogP) is 5.85. The average molecular weight is 526 g/mol. The molecular weight excluding hydrogens is 501 g/mol. The zero-order valence-electron chi connectivity index (χ0n) is 21.1. The van der Waals surface area contributed by atoms with Crippen molar-refractivity contribution >= 4 is 11.9 Å². The number of hydrogen-bond donors (Lipinski definition) is 2. The molecule has 5 rings (SSSR count). The van der Waals surface area contributed by atoms with Gasteiger partial charge in [-0.05, 0) is 61.9 Å². The first-order chi connectivity index (χ1) is 18.7. The summed E-state index contributed by atoms with van der Waals surface area (Å²) in [4.78, 5) is 29.1. The van der Waals surface area contributed by atoms with E-state index in [9.17, 15) is 19.1 Å². The lowest BCUT2D eigenvalue weighted by Crippen LogP contribution is -2.42. The van der Waals surface area contributed by atoms with E-state index >= 15 is 0 Å². The fourth-order valence-electron chi connectivity index (χ4n) is 4.05. The molecule has 1 amide bonds. The van der Waals surface area contributed by atoms with Crippen molar-refractivity contribution in [2.45, 2.75) is 26.3 Å². The Kier molecular flexibility index (Phi) is 7.05. The molecule has 0 aliphatic rings. The average Bonchev–Trinajstić information content (AvgIpc) is 3.60. The number of carbonyl (C=O) groups is 2. The summed E-state index contributed by atoms with van der Waals surface area (Å²) >= 11 is 0. The van der Waals surface area contributed by atoms with E-state index in [2.05, 4.69) is 15.5 Å². The Labute approximate surface area is 223 Å². The number of aliphatic carboxylic acids is 1. The highest BCUT2D eigenvalue weighted by Gasteiger charge is 2.24. The van der Waals surface area contributed by atoms with Gasteiger partial charge in [0.15, 0.2) is 5.76 Å². The first kappa shape index (κ1) is 25.6. The maximum absolute atomic E-state index is 14.5. The van der Waals surface area contributed by atoms with Crippen LogP contribution >= 0.6 is 0 Å². The minimum atomic E-state index is -1.34. The summed E-state index contributed by atoms with van der Waals surface area (Å²) in [5.41, 5.74) is 4.31. The van der Waals surface area contributed by atoms with Crippen molar-refractivity contribution in [2.24, 2.45) is 0 Å². The molecule has 0 aliphatic heterocycles. The number of carboxylic acids is 1. The van der Waals surface area contributed by atoms with Crippen LogP contribution in [0.4, 0.5) is 4.39 Å². The van der Waals surface area contributed by atoms with Gasteiger partial charge in [0.25, 0.3) is 11.8 Å². The molecule has 0 saturated heterocycles. The lowest BCUT2D eigenvalue weighted by molar-refractivity contribution is -0.139. The fourth-order valence-corrected chi connectivity index (χ4v) is 4.05. The second-order valence-electron chi connectivity index (χ2n) is 9.24. The van der Waals surface area contributed by atoms with E-state index in [1.165, 1.54) is 18.2 Å². The molecule has 0 saturated carbocycles. The molecule has 0 spiro atoms. The topological polar surface area (TPSA) is 118 Å². The van der Waals surface area contributed by atoms with Crippen LogP contribution in [-0.2, 0) is 11.2 Å². The Balaban J connectivity index is 1.32. The molecule has 1 atom stereocenters. The van der Waals surface area contributed by atoms with Gasteiger partial charge in [0.05, 0.1) is 0 Å². The third-order valence-electron chi connectivity index (χ3n) is 6.15. The number of nitrogens with zero attached hydrogens (tertiary/aromatic N) is 2. The van der Waals surface area contributed by atoms with Crippen LogP contribution in [0, 0.1) is 19.7 Å². The van der Waals surface area contributed by atoms with Crippen LogP contribution in [0.25, 0.3) is 34.2 Å². The molecule has 2 heterocycles. The largest absolute Gasteiger partial charge is 0.480 e. The summed E-state index contributed by atoms with van der Waals surface area (Å²) in [6.07, 6.45) is -0.181. The lowest BCUT2D eigenvalue weighted by atomic mass is 10.0. The molecule has 0 bridgehead atoms. The number of aryl methyl sites for hydroxylation is 2. The van der Waals surface area contributed by atoms with Crippen LogP contribution in [0.5, 0.6) is 0 Å². The molecule has 0 unspecified atom stereocenters. The van der Waals surface area contributed by atoms with Gasteiger partial charge in [-0.15, -0.1) is 0 Å². The van der Waals surface area contributed by atoms with Gasteiger partial charge in [0, 0.05) is 23.1 Å². The first-order valence-electron chi connectivity index (χ1n) is 12.2. The molecule has 0 radical (unpaired) electrons. The molecule has 196 valence electrons. The Morgan fingerprint density at radius 1 is 0.897 bits per heavy atom. The van der Waals surface area contributed by atoms with Crippen molar-refractivity contribution in [2.75, 3.05) is 0 Å². The Morgan fingerprint density at radius 2 is 1.56 bits per heavy atom. The van der Waals surface area contributed by atoms with Gasteiger partial charge >= 0.3 is 5.97 Å². The van der Waals surface area contributed by atoms with Crippen LogP contribution in [0.3, 0.4) is 0 Å². The van der Waals surface area contributed by atoms with Crippen LogP contribution in [-0.4, -0.2) is 33.2 Å². The van der Waals surface area contributed by atoms with Gasteiger partial charge in [-0.1, -0.05) is 52.7 Å². The number of benzene rings is 3. The van der Waals surface area contributed by atoms with Crippen molar-refractivity contribution in [3.63, 3.8) is 0 Å². The molecule has 0 fully saturated rings. The summed E-state index contributed by atoms with van der Waals surface area (Å²) in [5, 5.41) is 16.2. The maximum Gasteiger partial charge on any atom is 0.326 e. The van der Waals surface area contributed by atoms with Crippen molar-refractivity contribution in [1.82, 2.24) is 15.5 Å². The number of nitrogens with one attached hydrogen (secondary N) is 1. The molecule has 2 N–H and O–H groups in total. The van der Waals surface area contributed by atoms with Gasteiger partial charge in [-0.2, -0.15) is 4.98 Å². The lowest BCUT2D eigenvalue weighted by Gasteiger charge is -2.14. The highest BCUT2D eigenvalue weighted by molar-refractivity contribution is 5.94. The highest BCUT2D eigenvalue weighted by atomic mass is 19.1. The minimum absolute atomic E-state index is 0.0350. The molecule has 9 heteroatoms. The Bertz CT molecular complexity index is 1640. The second kappa shape index (κ2) is 10.7. The van der Waals surface area contributed by atoms with Gasteiger partial charge in [0.1, 0.15) is 17.6 Å². The van der Waals surface area contributed by atoms with Gasteiger partial charge in [-0.25, -0.2) is 9.18 Å². The summed E-state index contributed by atoms with van der Waals surface area (Å²) in [6, 6.07) is 20.9. The molecule has 0 aliphatic carbocycles. The van der Waals surface area contributed by atoms with E-state index in [0.717, 1.165) is 16.7 Å². The van der Waals surface area contributed by atoms with E-state index in [1.54, 1.807) is 12.1 Å². The summed E-state index contributed by atoms with van der Waals surface area (Å²) in [6.45, 7) is 3.92.